The first-order valence-electron chi connectivity index (χ1n) is 8.06. The lowest BCUT2D eigenvalue weighted by atomic mass is 10.0. The van der Waals surface area contributed by atoms with Gasteiger partial charge in [0.1, 0.15) is 0 Å². The van der Waals surface area contributed by atoms with Crippen molar-refractivity contribution in [3.63, 3.8) is 0 Å². The first kappa shape index (κ1) is 15.6. The second-order valence-corrected chi connectivity index (χ2v) is 6.06. The number of hydrogen-bond acceptors (Lipinski definition) is 3. The van der Waals surface area contributed by atoms with E-state index < -0.39 is 0 Å². The van der Waals surface area contributed by atoms with E-state index in [1.807, 2.05) is 7.05 Å². The van der Waals surface area contributed by atoms with Crippen molar-refractivity contribution >= 4 is 5.96 Å². The molecule has 0 aliphatic carbocycles. The molecule has 5 heteroatoms. The minimum Gasteiger partial charge on any atom is -0.376 e. The van der Waals surface area contributed by atoms with E-state index in [1.54, 1.807) is 0 Å². The highest BCUT2D eigenvalue weighted by molar-refractivity contribution is 5.79. The van der Waals surface area contributed by atoms with Gasteiger partial charge >= 0.3 is 0 Å². The number of piperidine rings is 1. The van der Waals surface area contributed by atoms with E-state index in [0.717, 1.165) is 44.5 Å². The van der Waals surface area contributed by atoms with Crippen LogP contribution in [0.15, 0.2) is 4.99 Å². The average Bonchev–Trinajstić information content (AvgIpc) is 2.96. The van der Waals surface area contributed by atoms with Gasteiger partial charge in [-0.1, -0.05) is 6.92 Å². The predicted octanol–water partition coefficient (Wildman–Crippen LogP) is 1.06. The molecule has 2 saturated heterocycles. The van der Waals surface area contributed by atoms with E-state index >= 15 is 0 Å². The Balaban J connectivity index is 1.58. The van der Waals surface area contributed by atoms with E-state index in [2.05, 4.69) is 27.4 Å². The number of aliphatic imine (C=N–C) groups is 1. The summed E-state index contributed by atoms with van der Waals surface area (Å²) in [4.78, 5) is 6.82. The summed E-state index contributed by atoms with van der Waals surface area (Å²) >= 11 is 0. The molecule has 2 rings (SSSR count). The maximum Gasteiger partial charge on any atom is 0.191 e. The van der Waals surface area contributed by atoms with Gasteiger partial charge in [-0.25, -0.2) is 0 Å². The fourth-order valence-electron chi connectivity index (χ4n) is 3.06. The van der Waals surface area contributed by atoms with Crippen LogP contribution in [0.1, 0.15) is 32.6 Å². The molecule has 0 saturated carbocycles. The summed E-state index contributed by atoms with van der Waals surface area (Å²) in [5.41, 5.74) is 0. The fourth-order valence-corrected chi connectivity index (χ4v) is 3.06. The van der Waals surface area contributed by atoms with E-state index in [0.29, 0.717) is 6.10 Å². The van der Waals surface area contributed by atoms with Gasteiger partial charge in [0.15, 0.2) is 5.96 Å². The molecule has 20 heavy (non-hydrogen) atoms. The first-order valence-corrected chi connectivity index (χ1v) is 8.06. The van der Waals surface area contributed by atoms with Crippen molar-refractivity contribution < 1.29 is 4.74 Å². The van der Waals surface area contributed by atoms with Crippen LogP contribution < -0.4 is 10.6 Å². The second-order valence-electron chi connectivity index (χ2n) is 6.06. The van der Waals surface area contributed by atoms with Crippen LogP contribution in [0.3, 0.4) is 0 Å². The molecule has 0 aromatic rings. The summed E-state index contributed by atoms with van der Waals surface area (Å²) < 4.78 is 5.61. The largest absolute Gasteiger partial charge is 0.376 e. The fraction of sp³-hybridized carbons (Fsp3) is 0.933. The highest BCUT2D eigenvalue weighted by atomic mass is 16.5. The first-order chi connectivity index (χ1) is 9.78. The summed E-state index contributed by atoms with van der Waals surface area (Å²) in [5.74, 6) is 1.74. The molecule has 2 unspecified atom stereocenters. The number of rotatable bonds is 5. The molecular weight excluding hydrogens is 252 g/mol. The van der Waals surface area contributed by atoms with Gasteiger partial charge in [0.05, 0.1) is 6.10 Å². The Morgan fingerprint density at radius 1 is 1.30 bits per heavy atom. The van der Waals surface area contributed by atoms with Crippen LogP contribution in [-0.4, -0.2) is 63.3 Å². The van der Waals surface area contributed by atoms with Crippen molar-refractivity contribution in [2.24, 2.45) is 10.9 Å². The molecule has 2 atom stereocenters. The van der Waals surface area contributed by atoms with Gasteiger partial charge in [-0.05, 0) is 38.1 Å². The molecule has 0 aromatic carbocycles. The molecule has 5 nitrogen and oxygen atoms in total. The van der Waals surface area contributed by atoms with Crippen molar-refractivity contribution in [1.82, 2.24) is 15.5 Å². The van der Waals surface area contributed by atoms with Crippen molar-refractivity contribution in [3.8, 4) is 0 Å². The van der Waals surface area contributed by atoms with E-state index in [1.165, 1.54) is 32.4 Å². The second kappa shape index (κ2) is 8.47. The molecule has 2 aliphatic rings. The van der Waals surface area contributed by atoms with Crippen LogP contribution in [0.4, 0.5) is 0 Å². The van der Waals surface area contributed by atoms with E-state index in [9.17, 15) is 0 Å². The third kappa shape index (κ3) is 5.29. The summed E-state index contributed by atoms with van der Waals surface area (Å²) in [6.07, 6.45) is 5.43. The van der Waals surface area contributed by atoms with Gasteiger partial charge in [-0.2, -0.15) is 0 Å². The minimum atomic E-state index is 0.358. The summed E-state index contributed by atoms with van der Waals surface area (Å²) in [5, 5.41) is 6.75. The van der Waals surface area contributed by atoms with Crippen molar-refractivity contribution in [1.29, 1.82) is 0 Å². The Morgan fingerprint density at radius 3 is 2.90 bits per heavy atom. The molecule has 0 spiro atoms. The molecule has 2 aliphatic heterocycles. The minimum absolute atomic E-state index is 0.358. The molecule has 0 radical (unpaired) electrons. The smallest absolute Gasteiger partial charge is 0.191 e. The van der Waals surface area contributed by atoms with Gasteiger partial charge in [0, 0.05) is 39.8 Å². The Morgan fingerprint density at radius 2 is 2.20 bits per heavy atom. The number of nitrogens with zero attached hydrogens (tertiary/aromatic N) is 2. The Labute approximate surface area is 123 Å². The van der Waals surface area contributed by atoms with Gasteiger partial charge in [0.25, 0.3) is 0 Å². The molecule has 2 N–H and O–H groups in total. The quantitative estimate of drug-likeness (QED) is 0.585. The van der Waals surface area contributed by atoms with Crippen LogP contribution in [0.5, 0.6) is 0 Å². The Kier molecular flexibility index (Phi) is 6.60. The topological polar surface area (TPSA) is 48.9 Å². The summed E-state index contributed by atoms with van der Waals surface area (Å²) in [6.45, 7) is 8.66. The molecule has 0 aromatic heterocycles. The van der Waals surface area contributed by atoms with Crippen LogP contribution in [0, 0.1) is 5.92 Å². The van der Waals surface area contributed by atoms with Crippen molar-refractivity contribution in [2.75, 3.05) is 46.4 Å². The maximum atomic E-state index is 5.61. The van der Waals surface area contributed by atoms with Crippen LogP contribution in [0.2, 0.25) is 0 Å². The highest BCUT2D eigenvalue weighted by Gasteiger charge is 2.17. The standard InChI is InChI=1S/C15H30N4O/c1-13-5-3-8-19(12-13)9-7-17-15(16-2)18-11-14-6-4-10-20-14/h13-14H,3-12H2,1-2H3,(H2,16,17,18). The zero-order chi connectivity index (χ0) is 14.2. The van der Waals surface area contributed by atoms with Crippen LogP contribution in [-0.2, 0) is 4.74 Å². The van der Waals surface area contributed by atoms with Crippen LogP contribution >= 0.6 is 0 Å². The normalized spacial score (nSPS) is 28.6. The third-order valence-corrected chi connectivity index (χ3v) is 4.21. The van der Waals surface area contributed by atoms with Gasteiger partial charge in [0.2, 0.25) is 0 Å². The van der Waals surface area contributed by atoms with Gasteiger partial charge in [-0.15, -0.1) is 0 Å². The molecule has 0 bridgehead atoms. The zero-order valence-electron chi connectivity index (χ0n) is 13.0. The monoisotopic (exact) mass is 282 g/mol. The van der Waals surface area contributed by atoms with E-state index in [4.69, 9.17) is 4.74 Å². The molecule has 2 heterocycles. The SMILES string of the molecule is CN=C(NCCN1CCCC(C)C1)NCC1CCCO1. The molecule has 2 fully saturated rings. The lowest BCUT2D eigenvalue weighted by Crippen LogP contribution is -2.45. The zero-order valence-corrected chi connectivity index (χ0v) is 13.0. The molecular formula is C15H30N4O. The van der Waals surface area contributed by atoms with Gasteiger partial charge < -0.3 is 20.3 Å². The summed E-state index contributed by atoms with van der Waals surface area (Å²) in [6, 6.07) is 0. The lowest BCUT2D eigenvalue weighted by Gasteiger charge is -2.30. The maximum absolute atomic E-state index is 5.61. The molecule has 116 valence electrons. The van der Waals surface area contributed by atoms with Crippen LogP contribution in [0.25, 0.3) is 0 Å². The number of ether oxygens (including phenoxy) is 1. The highest BCUT2D eigenvalue weighted by Crippen LogP contribution is 2.14. The Hall–Kier alpha value is -0.810. The third-order valence-electron chi connectivity index (χ3n) is 4.21. The van der Waals surface area contributed by atoms with Crippen molar-refractivity contribution in [3.05, 3.63) is 0 Å². The number of guanidine groups is 1. The van der Waals surface area contributed by atoms with Gasteiger partial charge in [-0.3, -0.25) is 4.99 Å². The lowest BCUT2D eigenvalue weighted by molar-refractivity contribution is 0.113. The number of nitrogens with one attached hydrogen (secondary N) is 2. The van der Waals surface area contributed by atoms with E-state index in [-0.39, 0.29) is 0 Å². The number of likely N-dealkylation sites (tertiary alicyclic amines) is 1. The average molecular weight is 282 g/mol. The predicted molar refractivity (Wildman–Crippen MR) is 83.2 cm³/mol. The Bertz CT molecular complexity index is 302. The number of hydrogen-bond donors (Lipinski definition) is 2. The molecule has 0 amide bonds. The van der Waals surface area contributed by atoms with Crippen molar-refractivity contribution in [2.45, 2.75) is 38.7 Å². The summed E-state index contributed by atoms with van der Waals surface area (Å²) in [7, 11) is 1.83.